The predicted molar refractivity (Wildman–Crippen MR) is 98.3 cm³/mol. The van der Waals surface area contributed by atoms with Gasteiger partial charge in [-0.3, -0.25) is 4.79 Å². The second-order valence-corrected chi connectivity index (χ2v) is 5.70. The number of nitrogens with one attached hydrogen (secondary N) is 1. The van der Waals surface area contributed by atoms with Gasteiger partial charge in [0.1, 0.15) is 0 Å². The fourth-order valence-electron chi connectivity index (χ4n) is 2.44. The predicted octanol–water partition coefficient (Wildman–Crippen LogP) is 4.06. The van der Waals surface area contributed by atoms with Gasteiger partial charge in [0, 0.05) is 12.6 Å². The van der Waals surface area contributed by atoms with Crippen molar-refractivity contribution in [2.75, 3.05) is 6.61 Å². The fraction of sp³-hybridized carbons (Fsp3) is 0.286. The van der Waals surface area contributed by atoms with Crippen molar-refractivity contribution in [1.82, 2.24) is 5.32 Å². The molecular formula is C21H25NO2. The Morgan fingerprint density at radius 2 is 1.71 bits per heavy atom. The van der Waals surface area contributed by atoms with E-state index in [2.05, 4.69) is 17.4 Å². The van der Waals surface area contributed by atoms with Gasteiger partial charge in [0.05, 0.1) is 12.5 Å². The molecular weight excluding hydrogens is 298 g/mol. The summed E-state index contributed by atoms with van der Waals surface area (Å²) in [5.41, 5.74) is 2.30. The lowest BCUT2D eigenvalue weighted by Gasteiger charge is -2.21. The summed E-state index contributed by atoms with van der Waals surface area (Å²) in [7, 11) is 0. The Morgan fingerprint density at radius 1 is 1.08 bits per heavy atom. The second-order valence-electron chi connectivity index (χ2n) is 5.70. The van der Waals surface area contributed by atoms with Crippen LogP contribution in [0.4, 0.5) is 0 Å². The highest BCUT2D eigenvalue weighted by Gasteiger charge is 2.22. The first-order valence-electron chi connectivity index (χ1n) is 8.38. The van der Waals surface area contributed by atoms with Gasteiger partial charge in [0.2, 0.25) is 0 Å². The van der Waals surface area contributed by atoms with Gasteiger partial charge < -0.3 is 10.1 Å². The Morgan fingerprint density at radius 3 is 2.33 bits per heavy atom. The largest absolute Gasteiger partial charge is 0.466 e. The monoisotopic (exact) mass is 323 g/mol. The minimum absolute atomic E-state index is 0.0931. The van der Waals surface area contributed by atoms with Crippen molar-refractivity contribution in [3.63, 3.8) is 0 Å². The highest BCUT2D eigenvalue weighted by atomic mass is 16.5. The molecule has 0 heterocycles. The molecule has 0 aliphatic carbocycles. The van der Waals surface area contributed by atoms with Crippen LogP contribution in [0, 0.1) is 5.92 Å². The van der Waals surface area contributed by atoms with E-state index in [0.29, 0.717) is 13.2 Å². The first kappa shape index (κ1) is 18.0. The van der Waals surface area contributed by atoms with Gasteiger partial charge >= 0.3 is 5.97 Å². The van der Waals surface area contributed by atoms with Crippen molar-refractivity contribution in [1.29, 1.82) is 0 Å². The number of esters is 1. The van der Waals surface area contributed by atoms with Crippen LogP contribution >= 0.6 is 0 Å². The molecule has 0 radical (unpaired) electrons. The first-order valence-corrected chi connectivity index (χ1v) is 8.38. The summed E-state index contributed by atoms with van der Waals surface area (Å²) in [5.74, 6) is -0.436. The van der Waals surface area contributed by atoms with Gasteiger partial charge in [-0.25, -0.2) is 0 Å². The molecule has 0 amide bonds. The Balaban J connectivity index is 2.08. The molecule has 0 saturated carbocycles. The van der Waals surface area contributed by atoms with Gasteiger partial charge in [-0.1, -0.05) is 79.7 Å². The minimum Gasteiger partial charge on any atom is -0.466 e. The first-order chi connectivity index (χ1) is 11.7. The number of ether oxygens (including phenoxy) is 1. The normalized spacial score (nSPS) is 13.6. The maximum Gasteiger partial charge on any atom is 0.310 e. The molecule has 126 valence electrons. The summed E-state index contributed by atoms with van der Waals surface area (Å²) in [6, 6.07) is 20.1. The average molecular weight is 323 g/mol. The van der Waals surface area contributed by atoms with Gasteiger partial charge in [-0.2, -0.15) is 0 Å². The molecule has 0 bridgehead atoms. The third-order valence-electron chi connectivity index (χ3n) is 3.88. The summed E-state index contributed by atoms with van der Waals surface area (Å²) in [4.78, 5) is 12.1. The van der Waals surface area contributed by atoms with E-state index in [9.17, 15) is 4.79 Å². The number of hydrogen-bond donors (Lipinski definition) is 1. The molecule has 3 nitrogen and oxygen atoms in total. The lowest BCUT2D eigenvalue weighted by atomic mass is 10.00. The zero-order valence-corrected chi connectivity index (χ0v) is 14.3. The Bertz CT molecular complexity index is 637. The van der Waals surface area contributed by atoms with E-state index in [1.807, 2.05) is 74.5 Å². The summed E-state index contributed by atoms with van der Waals surface area (Å²) >= 11 is 0. The zero-order valence-electron chi connectivity index (χ0n) is 14.3. The Hall–Kier alpha value is -2.39. The third kappa shape index (κ3) is 5.67. The van der Waals surface area contributed by atoms with Crippen molar-refractivity contribution >= 4 is 12.0 Å². The number of hydrogen-bond acceptors (Lipinski definition) is 3. The lowest BCUT2D eigenvalue weighted by Crippen LogP contribution is -2.37. The van der Waals surface area contributed by atoms with Crippen LogP contribution < -0.4 is 5.32 Å². The van der Waals surface area contributed by atoms with E-state index in [1.54, 1.807) is 0 Å². The van der Waals surface area contributed by atoms with E-state index in [-0.39, 0.29) is 17.9 Å². The molecule has 2 atom stereocenters. The van der Waals surface area contributed by atoms with E-state index in [0.717, 1.165) is 5.56 Å². The molecule has 0 aromatic heterocycles. The molecule has 0 aliphatic rings. The number of carbonyl (C=O) groups excluding carboxylic acids is 1. The summed E-state index contributed by atoms with van der Waals surface area (Å²) in [5, 5.41) is 3.46. The van der Waals surface area contributed by atoms with Crippen LogP contribution in [0.2, 0.25) is 0 Å². The maximum absolute atomic E-state index is 12.1. The topological polar surface area (TPSA) is 38.3 Å². The highest BCUT2D eigenvalue weighted by molar-refractivity contribution is 5.73. The molecule has 2 aromatic carbocycles. The van der Waals surface area contributed by atoms with Gasteiger partial charge in [-0.05, 0) is 18.1 Å². The van der Waals surface area contributed by atoms with E-state index < -0.39 is 0 Å². The molecule has 2 rings (SSSR count). The van der Waals surface area contributed by atoms with E-state index in [1.165, 1.54) is 5.56 Å². The summed E-state index contributed by atoms with van der Waals surface area (Å²) < 4.78 is 5.18. The van der Waals surface area contributed by atoms with Crippen LogP contribution in [0.5, 0.6) is 0 Å². The van der Waals surface area contributed by atoms with Crippen LogP contribution in [0.1, 0.15) is 25.0 Å². The van der Waals surface area contributed by atoms with Crippen LogP contribution in [0.3, 0.4) is 0 Å². The smallest absolute Gasteiger partial charge is 0.310 e. The fourth-order valence-corrected chi connectivity index (χ4v) is 2.44. The Labute approximate surface area is 144 Å². The molecule has 0 fully saturated rings. The lowest BCUT2D eigenvalue weighted by molar-refractivity contribution is -0.147. The number of carbonyl (C=O) groups is 1. The number of rotatable bonds is 8. The second kappa shape index (κ2) is 9.68. The van der Waals surface area contributed by atoms with Crippen molar-refractivity contribution in [2.24, 2.45) is 5.92 Å². The highest BCUT2D eigenvalue weighted by Crippen LogP contribution is 2.12. The molecule has 1 N–H and O–H groups in total. The standard InChI is InChI=1S/C21H25NO2/c1-3-24-21(23)17(2)20(15-14-18-10-6-4-7-11-18)22-16-19-12-8-5-9-13-19/h4-15,17,20,22H,3,16H2,1-2H3/b15-14+. The van der Waals surface area contributed by atoms with Crippen LogP contribution in [-0.4, -0.2) is 18.6 Å². The third-order valence-corrected chi connectivity index (χ3v) is 3.88. The Kier molecular flexibility index (Phi) is 7.24. The average Bonchev–Trinajstić information content (AvgIpc) is 2.63. The minimum atomic E-state index is -0.256. The zero-order chi connectivity index (χ0) is 17.2. The molecule has 24 heavy (non-hydrogen) atoms. The summed E-state index contributed by atoms with van der Waals surface area (Å²) in [6.07, 6.45) is 4.08. The summed E-state index contributed by atoms with van der Waals surface area (Å²) in [6.45, 7) is 4.83. The molecule has 0 aliphatic heterocycles. The van der Waals surface area contributed by atoms with E-state index in [4.69, 9.17) is 4.74 Å². The SMILES string of the molecule is CCOC(=O)C(C)C(/C=C/c1ccccc1)NCc1ccccc1. The maximum atomic E-state index is 12.1. The quantitative estimate of drug-likeness (QED) is 0.745. The van der Waals surface area contributed by atoms with E-state index >= 15 is 0 Å². The van der Waals surface area contributed by atoms with Crippen molar-refractivity contribution in [3.8, 4) is 0 Å². The van der Waals surface area contributed by atoms with Gasteiger partial charge in [0.15, 0.2) is 0 Å². The van der Waals surface area contributed by atoms with Crippen LogP contribution in [0.15, 0.2) is 66.7 Å². The molecule has 2 unspecified atom stereocenters. The molecule has 2 aromatic rings. The van der Waals surface area contributed by atoms with Gasteiger partial charge in [0.25, 0.3) is 0 Å². The van der Waals surface area contributed by atoms with Crippen LogP contribution in [0.25, 0.3) is 6.08 Å². The molecule has 3 heteroatoms. The molecule has 0 spiro atoms. The molecule has 0 saturated heterocycles. The van der Waals surface area contributed by atoms with Crippen LogP contribution in [-0.2, 0) is 16.1 Å². The van der Waals surface area contributed by atoms with Crippen molar-refractivity contribution < 1.29 is 9.53 Å². The van der Waals surface area contributed by atoms with Crippen molar-refractivity contribution in [2.45, 2.75) is 26.4 Å². The van der Waals surface area contributed by atoms with Gasteiger partial charge in [-0.15, -0.1) is 0 Å². The number of benzene rings is 2. The van der Waals surface area contributed by atoms with Crippen molar-refractivity contribution in [3.05, 3.63) is 77.9 Å².